The molecule has 0 unspecified atom stereocenters. The Kier molecular flexibility index (Phi) is 1.45. The summed E-state index contributed by atoms with van der Waals surface area (Å²) in [6.45, 7) is 6.75. The van der Waals surface area contributed by atoms with Gasteiger partial charge < -0.3 is 0 Å². The van der Waals surface area contributed by atoms with Gasteiger partial charge in [-0.15, -0.1) is 0 Å². The molecule has 1 aliphatic rings. The molecule has 2 amide bonds. The van der Waals surface area contributed by atoms with Crippen LogP contribution in [0.1, 0.15) is 13.8 Å². The number of urea groups is 1. The average molecular weight is 129 g/mol. The second-order valence-electron chi connectivity index (χ2n) is 2.42. The number of carbonyl (C=O) groups is 1. The fraction of sp³-hybridized carbons (Fsp3) is 0.833. The van der Waals surface area contributed by atoms with E-state index in [2.05, 4.69) is 5.32 Å². The van der Waals surface area contributed by atoms with Crippen LogP contribution in [0.3, 0.4) is 0 Å². The van der Waals surface area contributed by atoms with Crippen LogP contribution < -0.4 is 5.32 Å². The number of nitrogens with one attached hydrogen (secondary N) is 1. The van der Waals surface area contributed by atoms with Gasteiger partial charge in [0.1, 0.15) is 0 Å². The summed E-state index contributed by atoms with van der Waals surface area (Å²) in [6.07, 6.45) is 0. The highest BCUT2D eigenvalue weighted by molar-refractivity contribution is 5.70. The predicted molar refractivity (Wildman–Crippen MR) is 34.7 cm³/mol. The molecule has 1 N–H and O–H groups in total. The number of hydrogen-bond donors (Lipinski definition) is 1. The Morgan fingerprint density at radius 2 is 2.11 bits per heavy atom. The van der Waals surface area contributed by atoms with Crippen molar-refractivity contribution in [3.63, 3.8) is 0 Å². The lowest BCUT2D eigenvalue weighted by Crippen LogP contribution is -2.71. The zero-order valence-corrected chi connectivity index (χ0v) is 5.98. The Balaban J connectivity index is 2.58. The first-order valence-corrected chi connectivity index (χ1v) is 3.39. The fourth-order valence-electron chi connectivity index (χ4n) is 1.10. The van der Waals surface area contributed by atoms with Gasteiger partial charge in [0, 0.05) is 0 Å². The smallest absolute Gasteiger partial charge is 0.258 e. The lowest BCUT2D eigenvalue weighted by molar-refractivity contribution is -0.877. The standard InChI is InChI=1S/C6H12N2O/c1-3-8(4-2)5-7-6(8)9/h3-5H2,1-2H3/p+1. The lowest BCUT2D eigenvalue weighted by Gasteiger charge is -2.40. The summed E-state index contributed by atoms with van der Waals surface area (Å²) in [5.41, 5.74) is 0. The SMILES string of the molecule is CC[N+]1(CC)CNC1=O. The summed E-state index contributed by atoms with van der Waals surface area (Å²) in [7, 11) is 0. The minimum absolute atomic E-state index is 0.181. The second-order valence-corrected chi connectivity index (χ2v) is 2.42. The van der Waals surface area contributed by atoms with E-state index in [0.29, 0.717) is 4.48 Å². The number of nitrogens with zero attached hydrogens (tertiary/aromatic N) is 1. The molecule has 1 rings (SSSR count). The maximum atomic E-state index is 10.9. The van der Waals surface area contributed by atoms with Gasteiger partial charge in [0.15, 0.2) is 6.67 Å². The largest absolute Gasteiger partial charge is 0.422 e. The Morgan fingerprint density at radius 3 is 2.11 bits per heavy atom. The molecular formula is C6H13N2O+. The molecule has 1 aliphatic heterocycles. The third kappa shape index (κ3) is 0.721. The van der Waals surface area contributed by atoms with Crippen LogP contribution in [-0.2, 0) is 0 Å². The lowest BCUT2D eigenvalue weighted by atomic mass is 10.3. The molecule has 0 bridgehead atoms. The van der Waals surface area contributed by atoms with Crippen molar-refractivity contribution in [1.29, 1.82) is 0 Å². The van der Waals surface area contributed by atoms with Crippen LogP contribution in [0, 0.1) is 0 Å². The molecule has 1 heterocycles. The van der Waals surface area contributed by atoms with Gasteiger partial charge in [0.2, 0.25) is 0 Å². The maximum Gasteiger partial charge on any atom is 0.422 e. The van der Waals surface area contributed by atoms with Crippen molar-refractivity contribution in [2.24, 2.45) is 0 Å². The molecule has 0 aromatic heterocycles. The van der Waals surface area contributed by atoms with Crippen molar-refractivity contribution in [1.82, 2.24) is 5.32 Å². The van der Waals surface area contributed by atoms with Crippen LogP contribution in [0.2, 0.25) is 0 Å². The van der Waals surface area contributed by atoms with E-state index in [-0.39, 0.29) is 6.03 Å². The Bertz CT molecular complexity index is 124. The van der Waals surface area contributed by atoms with Gasteiger partial charge in [0.25, 0.3) is 0 Å². The van der Waals surface area contributed by atoms with Gasteiger partial charge in [-0.3, -0.25) is 5.32 Å². The molecule has 0 aromatic rings. The topological polar surface area (TPSA) is 29.1 Å². The van der Waals surface area contributed by atoms with Gasteiger partial charge in [0.05, 0.1) is 13.1 Å². The molecule has 0 aliphatic carbocycles. The summed E-state index contributed by atoms with van der Waals surface area (Å²) in [5.74, 6) is 0. The molecule has 0 atom stereocenters. The summed E-state index contributed by atoms with van der Waals surface area (Å²) >= 11 is 0. The molecule has 3 nitrogen and oxygen atoms in total. The second kappa shape index (κ2) is 1.99. The summed E-state index contributed by atoms with van der Waals surface area (Å²) in [5, 5.41) is 2.73. The molecule has 0 radical (unpaired) electrons. The predicted octanol–water partition coefficient (Wildman–Crippen LogP) is 0.524. The molecule has 0 spiro atoms. The van der Waals surface area contributed by atoms with Crippen LogP contribution in [0.4, 0.5) is 4.79 Å². The minimum atomic E-state index is 0.181. The molecule has 9 heavy (non-hydrogen) atoms. The summed E-state index contributed by atoms with van der Waals surface area (Å²) < 4.78 is 0.625. The van der Waals surface area contributed by atoms with Crippen molar-refractivity contribution in [3.8, 4) is 0 Å². The highest BCUT2D eigenvalue weighted by Crippen LogP contribution is 2.12. The third-order valence-corrected chi connectivity index (χ3v) is 2.17. The Labute approximate surface area is 55.2 Å². The molecule has 0 aromatic carbocycles. The van der Waals surface area contributed by atoms with Crippen molar-refractivity contribution in [2.75, 3.05) is 19.8 Å². The number of rotatable bonds is 2. The van der Waals surface area contributed by atoms with Crippen LogP contribution in [0.15, 0.2) is 0 Å². The van der Waals surface area contributed by atoms with Gasteiger partial charge >= 0.3 is 6.03 Å². The first-order valence-electron chi connectivity index (χ1n) is 3.39. The average Bonchev–Trinajstić information content (AvgIpc) is 1.89. The first kappa shape index (κ1) is 6.55. The number of hydrogen-bond acceptors (Lipinski definition) is 1. The summed E-state index contributed by atoms with van der Waals surface area (Å²) in [4.78, 5) is 10.9. The van der Waals surface area contributed by atoms with Crippen molar-refractivity contribution in [3.05, 3.63) is 0 Å². The first-order chi connectivity index (χ1) is 4.25. The maximum absolute atomic E-state index is 10.9. The van der Waals surface area contributed by atoms with E-state index in [1.807, 2.05) is 13.8 Å². The molecule has 1 saturated heterocycles. The van der Waals surface area contributed by atoms with E-state index >= 15 is 0 Å². The van der Waals surface area contributed by atoms with E-state index in [9.17, 15) is 4.79 Å². The zero-order chi connectivity index (χ0) is 6.91. The minimum Gasteiger partial charge on any atom is -0.258 e. The normalized spacial score (nSPS) is 22.7. The fourth-order valence-corrected chi connectivity index (χ4v) is 1.10. The van der Waals surface area contributed by atoms with Crippen LogP contribution in [-0.4, -0.2) is 30.3 Å². The van der Waals surface area contributed by atoms with Gasteiger partial charge in [-0.1, -0.05) is 0 Å². The highest BCUT2D eigenvalue weighted by Gasteiger charge is 2.42. The van der Waals surface area contributed by atoms with Gasteiger partial charge in [-0.05, 0) is 13.8 Å². The van der Waals surface area contributed by atoms with E-state index in [1.54, 1.807) is 0 Å². The number of quaternary nitrogens is 1. The van der Waals surface area contributed by atoms with Crippen molar-refractivity contribution in [2.45, 2.75) is 13.8 Å². The quantitative estimate of drug-likeness (QED) is 0.541. The molecule has 1 fully saturated rings. The van der Waals surface area contributed by atoms with E-state index < -0.39 is 0 Å². The van der Waals surface area contributed by atoms with Gasteiger partial charge in [-0.25, -0.2) is 9.28 Å². The Hall–Kier alpha value is -0.570. The van der Waals surface area contributed by atoms with E-state index in [1.165, 1.54) is 0 Å². The van der Waals surface area contributed by atoms with Crippen molar-refractivity contribution >= 4 is 6.03 Å². The van der Waals surface area contributed by atoms with E-state index in [0.717, 1.165) is 19.8 Å². The summed E-state index contributed by atoms with van der Waals surface area (Å²) in [6, 6.07) is 0.181. The molecule has 52 valence electrons. The number of amides is 2. The monoisotopic (exact) mass is 129 g/mol. The van der Waals surface area contributed by atoms with Gasteiger partial charge in [-0.2, -0.15) is 0 Å². The molecular weight excluding hydrogens is 116 g/mol. The van der Waals surface area contributed by atoms with Crippen LogP contribution >= 0.6 is 0 Å². The molecule has 3 heteroatoms. The highest BCUT2D eigenvalue weighted by atomic mass is 16.2. The third-order valence-electron chi connectivity index (χ3n) is 2.17. The zero-order valence-electron chi connectivity index (χ0n) is 5.98. The number of carbonyl (C=O) groups excluding carboxylic acids is 1. The van der Waals surface area contributed by atoms with Crippen LogP contribution in [0.5, 0.6) is 0 Å². The van der Waals surface area contributed by atoms with Crippen LogP contribution in [0.25, 0.3) is 0 Å². The van der Waals surface area contributed by atoms with E-state index in [4.69, 9.17) is 0 Å². The molecule has 0 saturated carbocycles. The van der Waals surface area contributed by atoms with Crippen molar-refractivity contribution < 1.29 is 9.28 Å². The Morgan fingerprint density at radius 1 is 1.56 bits per heavy atom.